The molecule has 6 heteroatoms. The minimum absolute atomic E-state index is 0.566. The van der Waals surface area contributed by atoms with E-state index in [9.17, 15) is 0 Å². The first-order valence-electron chi connectivity index (χ1n) is 10.2. The third-order valence-electron chi connectivity index (χ3n) is 5.43. The molecule has 0 bridgehead atoms. The van der Waals surface area contributed by atoms with Gasteiger partial charge in [-0.2, -0.15) is 0 Å². The molecule has 0 aliphatic rings. The van der Waals surface area contributed by atoms with Crippen molar-refractivity contribution in [2.75, 3.05) is 11.5 Å². The van der Waals surface area contributed by atoms with Gasteiger partial charge in [0.25, 0.3) is 0 Å². The number of rotatable bonds is 3. The van der Waals surface area contributed by atoms with Crippen molar-refractivity contribution in [3.63, 3.8) is 0 Å². The first kappa shape index (κ1) is 18.2. The highest BCUT2D eigenvalue weighted by molar-refractivity contribution is 5.86. The first-order valence-corrected chi connectivity index (χ1v) is 10.2. The van der Waals surface area contributed by atoms with Crippen LogP contribution in [0.25, 0.3) is 56.2 Å². The van der Waals surface area contributed by atoms with Crippen LogP contribution in [0.1, 0.15) is 0 Å². The van der Waals surface area contributed by atoms with Gasteiger partial charge < -0.3 is 20.3 Å². The molecule has 0 atom stereocenters. The number of nitrogens with zero attached hydrogens (tertiary/aromatic N) is 2. The summed E-state index contributed by atoms with van der Waals surface area (Å²) in [4.78, 5) is 9.19. The number of aromatic nitrogens is 2. The molecule has 6 aromatic rings. The van der Waals surface area contributed by atoms with Crippen LogP contribution in [0.15, 0.2) is 93.8 Å². The number of nitrogen functional groups attached to an aromatic ring is 2. The molecule has 32 heavy (non-hydrogen) atoms. The second kappa shape index (κ2) is 6.99. The Morgan fingerprint density at radius 1 is 0.469 bits per heavy atom. The minimum atomic E-state index is 0.566. The Hall–Kier alpha value is -4.58. The number of hydrogen-bond donors (Lipinski definition) is 2. The smallest absolute Gasteiger partial charge is 0.227 e. The Kier molecular flexibility index (Phi) is 3.98. The van der Waals surface area contributed by atoms with Gasteiger partial charge in [0.2, 0.25) is 11.8 Å². The number of oxazole rings is 2. The van der Waals surface area contributed by atoms with Gasteiger partial charge in [0.05, 0.1) is 0 Å². The summed E-state index contributed by atoms with van der Waals surface area (Å²) >= 11 is 0. The van der Waals surface area contributed by atoms with E-state index in [4.69, 9.17) is 20.3 Å². The summed E-state index contributed by atoms with van der Waals surface area (Å²) in [6, 6.07) is 26.9. The van der Waals surface area contributed by atoms with Crippen LogP contribution in [0.2, 0.25) is 0 Å². The van der Waals surface area contributed by atoms with Crippen molar-refractivity contribution in [1.29, 1.82) is 0 Å². The molecule has 0 aliphatic heterocycles. The molecule has 4 aromatic carbocycles. The third-order valence-corrected chi connectivity index (χ3v) is 5.43. The highest BCUT2D eigenvalue weighted by atomic mass is 16.4. The second-order valence-electron chi connectivity index (χ2n) is 7.65. The molecule has 2 aromatic heterocycles. The van der Waals surface area contributed by atoms with Gasteiger partial charge in [0, 0.05) is 22.5 Å². The van der Waals surface area contributed by atoms with Crippen LogP contribution in [0.5, 0.6) is 0 Å². The fourth-order valence-corrected chi connectivity index (χ4v) is 3.71. The van der Waals surface area contributed by atoms with Crippen molar-refractivity contribution >= 4 is 33.6 Å². The molecule has 0 fully saturated rings. The molecule has 154 valence electrons. The summed E-state index contributed by atoms with van der Waals surface area (Å²) in [5, 5.41) is 0. The number of hydrogen-bond acceptors (Lipinski definition) is 6. The van der Waals surface area contributed by atoms with Gasteiger partial charge in [-0.1, -0.05) is 12.1 Å². The van der Waals surface area contributed by atoms with E-state index < -0.39 is 0 Å². The Bertz CT molecular complexity index is 1460. The summed E-state index contributed by atoms with van der Waals surface area (Å²) in [6.45, 7) is 0. The molecular formula is C26H18N4O2. The van der Waals surface area contributed by atoms with E-state index >= 15 is 0 Å². The maximum Gasteiger partial charge on any atom is 0.227 e. The molecule has 6 nitrogen and oxygen atoms in total. The summed E-state index contributed by atoms with van der Waals surface area (Å²) in [7, 11) is 0. The lowest BCUT2D eigenvalue weighted by molar-refractivity contribution is 0.619. The number of nitrogens with two attached hydrogens (primary N) is 2. The maximum atomic E-state index is 6.02. The van der Waals surface area contributed by atoms with Crippen LogP contribution in [0.4, 0.5) is 11.4 Å². The highest BCUT2D eigenvalue weighted by Gasteiger charge is 2.12. The maximum absolute atomic E-state index is 6.02. The van der Waals surface area contributed by atoms with E-state index in [1.807, 2.05) is 84.9 Å². The topological polar surface area (TPSA) is 104 Å². The Labute approximate surface area is 183 Å². The zero-order valence-corrected chi connectivity index (χ0v) is 16.9. The lowest BCUT2D eigenvalue weighted by Crippen LogP contribution is -1.83. The standard InChI is InChI=1S/C26H18N4O2/c27-19-7-1-15(2-8-19)25-29-21-11-5-17(13-23(21)31-25)18-6-12-22-24(14-18)32-26(30-22)16-3-9-20(28)10-4-16/h1-14H,27-28H2. The highest BCUT2D eigenvalue weighted by Crippen LogP contribution is 2.32. The molecule has 4 N–H and O–H groups in total. The normalized spacial score (nSPS) is 11.4. The fourth-order valence-electron chi connectivity index (χ4n) is 3.71. The summed E-state index contributed by atoms with van der Waals surface area (Å²) < 4.78 is 12.0. The van der Waals surface area contributed by atoms with Crippen LogP contribution < -0.4 is 11.5 Å². The quantitative estimate of drug-likeness (QED) is 0.335. The van der Waals surface area contributed by atoms with Crippen molar-refractivity contribution < 1.29 is 8.83 Å². The van der Waals surface area contributed by atoms with E-state index in [0.717, 1.165) is 44.5 Å². The zero-order chi connectivity index (χ0) is 21.7. The molecule has 0 unspecified atom stereocenters. The van der Waals surface area contributed by atoms with Gasteiger partial charge >= 0.3 is 0 Å². The lowest BCUT2D eigenvalue weighted by atomic mass is 10.1. The summed E-state index contributed by atoms with van der Waals surface area (Å²) in [5.41, 5.74) is 19.8. The van der Waals surface area contributed by atoms with Crippen LogP contribution in [0, 0.1) is 0 Å². The van der Waals surface area contributed by atoms with Gasteiger partial charge in [0.15, 0.2) is 11.2 Å². The third kappa shape index (κ3) is 3.15. The van der Waals surface area contributed by atoms with Gasteiger partial charge in [-0.05, 0) is 83.9 Å². The zero-order valence-electron chi connectivity index (χ0n) is 16.9. The molecule has 0 saturated heterocycles. The van der Waals surface area contributed by atoms with Gasteiger partial charge in [-0.15, -0.1) is 0 Å². The SMILES string of the molecule is Nc1ccc(-c2nc3ccc(-c4ccc5nc(-c6ccc(N)cc6)oc5c4)cc3o2)cc1. The summed E-state index contributed by atoms with van der Waals surface area (Å²) in [6.07, 6.45) is 0. The molecule has 0 aliphatic carbocycles. The van der Waals surface area contributed by atoms with Crippen molar-refractivity contribution in [2.45, 2.75) is 0 Å². The Balaban J connectivity index is 1.37. The van der Waals surface area contributed by atoms with Crippen LogP contribution in [-0.4, -0.2) is 9.97 Å². The molecule has 6 rings (SSSR count). The summed E-state index contributed by atoms with van der Waals surface area (Å²) in [5.74, 6) is 1.13. The Morgan fingerprint density at radius 3 is 1.25 bits per heavy atom. The molecule has 0 spiro atoms. The Morgan fingerprint density at radius 2 is 0.844 bits per heavy atom. The molecular weight excluding hydrogens is 400 g/mol. The van der Waals surface area contributed by atoms with Crippen molar-refractivity contribution in [3.8, 4) is 34.0 Å². The molecule has 0 amide bonds. The molecule has 0 radical (unpaired) electrons. The van der Waals surface area contributed by atoms with E-state index in [0.29, 0.717) is 23.2 Å². The van der Waals surface area contributed by atoms with Gasteiger partial charge in [-0.25, -0.2) is 9.97 Å². The first-order chi connectivity index (χ1) is 15.6. The average Bonchev–Trinajstić information content (AvgIpc) is 3.43. The second-order valence-corrected chi connectivity index (χ2v) is 7.65. The average molecular weight is 418 g/mol. The van der Waals surface area contributed by atoms with Crippen molar-refractivity contribution in [2.24, 2.45) is 0 Å². The minimum Gasteiger partial charge on any atom is -0.436 e. The van der Waals surface area contributed by atoms with Gasteiger partial charge in [0.1, 0.15) is 11.0 Å². The number of anilines is 2. The van der Waals surface area contributed by atoms with Crippen LogP contribution >= 0.6 is 0 Å². The van der Waals surface area contributed by atoms with Gasteiger partial charge in [-0.3, -0.25) is 0 Å². The fraction of sp³-hybridized carbons (Fsp3) is 0. The van der Waals surface area contributed by atoms with E-state index in [-0.39, 0.29) is 0 Å². The van der Waals surface area contributed by atoms with Crippen LogP contribution in [0.3, 0.4) is 0 Å². The monoisotopic (exact) mass is 418 g/mol. The molecule has 2 heterocycles. The molecule has 0 saturated carbocycles. The van der Waals surface area contributed by atoms with Crippen molar-refractivity contribution in [3.05, 3.63) is 84.9 Å². The number of fused-ring (bicyclic) bond motifs is 2. The van der Waals surface area contributed by atoms with Crippen molar-refractivity contribution in [1.82, 2.24) is 9.97 Å². The lowest BCUT2D eigenvalue weighted by Gasteiger charge is -2.00. The van der Waals surface area contributed by atoms with Crippen LogP contribution in [-0.2, 0) is 0 Å². The van der Waals surface area contributed by atoms with E-state index in [1.54, 1.807) is 0 Å². The van der Waals surface area contributed by atoms with E-state index in [2.05, 4.69) is 9.97 Å². The predicted molar refractivity (Wildman–Crippen MR) is 127 cm³/mol. The number of benzene rings is 4. The predicted octanol–water partition coefficient (Wildman–Crippen LogP) is 6.13. The van der Waals surface area contributed by atoms with E-state index in [1.165, 1.54) is 0 Å². The largest absolute Gasteiger partial charge is 0.436 e.